The number of nitrogens with one attached hydrogen (secondary N) is 1. The van der Waals surface area contributed by atoms with Crippen molar-refractivity contribution < 1.29 is 9.32 Å². The number of pyridine rings is 1. The number of benzene rings is 1. The Morgan fingerprint density at radius 2 is 2.21 bits per heavy atom. The summed E-state index contributed by atoms with van der Waals surface area (Å²) in [7, 11) is 0. The number of rotatable bonds is 4. The number of imidazole rings is 1. The van der Waals surface area contributed by atoms with Gasteiger partial charge in [-0.05, 0) is 48.6 Å². The average molecular weight is 387 g/mol. The predicted octanol–water partition coefficient (Wildman–Crippen LogP) is 3.67. The molecule has 0 unspecified atom stereocenters. The van der Waals surface area contributed by atoms with Gasteiger partial charge in [0.05, 0.1) is 12.2 Å². The summed E-state index contributed by atoms with van der Waals surface area (Å²) in [6.45, 7) is 3.98. The lowest BCUT2D eigenvalue weighted by Gasteiger charge is -2.14. The summed E-state index contributed by atoms with van der Waals surface area (Å²) in [6, 6.07) is 10.0. The average Bonchev–Trinajstić information content (AvgIpc) is 3.45. The Bertz CT molecular complexity index is 1220. The highest BCUT2D eigenvalue weighted by Crippen LogP contribution is 2.34. The van der Waals surface area contributed by atoms with Crippen LogP contribution in [0.5, 0.6) is 0 Å². The van der Waals surface area contributed by atoms with Gasteiger partial charge in [-0.1, -0.05) is 30.3 Å². The summed E-state index contributed by atoms with van der Waals surface area (Å²) in [5, 5.41) is 7.23. The Balaban J connectivity index is 1.39. The summed E-state index contributed by atoms with van der Waals surface area (Å²) in [5.41, 5.74) is 5.69. The van der Waals surface area contributed by atoms with E-state index in [4.69, 9.17) is 4.52 Å². The molecule has 0 fully saturated rings. The summed E-state index contributed by atoms with van der Waals surface area (Å²) >= 11 is 0. The minimum absolute atomic E-state index is 0.0154. The maximum absolute atomic E-state index is 12.9. The molecule has 0 saturated carbocycles. The molecule has 1 aliphatic rings. The second kappa shape index (κ2) is 6.84. The molecule has 3 heterocycles. The van der Waals surface area contributed by atoms with Crippen molar-refractivity contribution in [1.82, 2.24) is 24.8 Å². The van der Waals surface area contributed by atoms with Crippen molar-refractivity contribution >= 4 is 11.6 Å². The van der Waals surface area contributed by atoms with Crippen LogP contribution in [0.3, 0.4) is 0 Å². The number of fused-ring (bicyclic) bond motifs is 2. The highest BCUT2D eigenvalue weighted by atomic mass is 16.5. The van der Waals surface area contributed by atoms with Crippen LogP contribution >= 0.6 is 0 Å². The minimum Gasteiger partial charge on any atom is -0.344 e. The molecule has 5 rings (SSSR count). The van der Waals surface area contributed by atoms with Gasteiger partial charge in [-0.15, -0.1) is 0 Å². The van der Waals surface area contributed by atoms with Gasteiger partial charge in [0, 0.05) is 18.2 Å². The summed E-state index contributed by atoms with van der Waals surface area (Å²) < 4.78 is 7.06. The van der Waals surface area contributed by atoms with Crippen LogP contribution in [0.1, 0.15) is 52.5 Å². The Morgan fingerprint density at radius 1 is 1.31 bits per heavy atom. The van der Waals surface area contributed by atoms with Crippen molar-refractivity contribution in [3.63, 3.8) is 0 Å². The van der Waals surface area contributed by atoms with Crippen LogP contribution in [0.25, 0.3) is 17.0 Å². The lowest BCUT2D eigenvalue weighted by Crippen LogP contribution is -2.28. The minimum atomic E-state index is -0.115. The molecule has 3 aromatic heterocycles. The lowest BCUT2D eigenvalue weighted by molar-refractivity contribution is 0.0931. The molecule has 7 heteroatoms. The highest BCUT2D eigenvalue weighted by Gasteiger charge is 2.26. The number of aromatic nitrogens is 4. The van der Waals surface area contributed by atoms with Crippen LogP contribution in [-0.2, 0) is 12.8 Å². The quantitative estimate of drug-likeness (QED) is 0.577. The number of carbonyl (C=O) groups is 1. The molecule has 29 heavy (non-hydrogen) atoms. The number of hydrogen-bond donors (Lipinski definition) is 1. The van der Waals surface area contributed by atoms with Crippen LogP contribution in [0.4, 0.5) is 0 Å². The molecule has 1 atom stereocenters. The first kappa shape index (κ1) is 17.6. The summed E-state index contributed by atoms with van der Waals surface area (Å²) in [6.07, 6.45) is 6.05. The number of aryl methyl sites for hydroxylation is 3. The molecule has 1 N–H and O–H groups in total. The van der Waals surface area contributed by atoms with E-state index >= 15 is 0 Å². The largest absolute Gasteiger partial charge is 0.344 e. The lowest BCUT2D eigenvalue weighted by atomic mass is 10.0. The number of carbonyl (C=O) groups excluding carboxylic acids is 1. The first-order valence-corrected chi connectivity index (χ1v) is 9.82. The third-order valence-corrected chi connectivity index (χ3v) is 5.44. The van der Waals surface area contributed by atoms with Crippen LogP contribution < -0.4 is 5.32 Å². The summed E-state index contributed by atoms with van der Waals surface area (Å²) in [4.78, 5) is 21.7. The SMILES string of the molecule is CCc1nc(-c2ccc3c(c2)CC[C@H]3NC(=O)c2cnc3ccc(C)cn23)no1. The molecule has 1 aromatic carbocycles. The van der Waals surface area contributed by atoms with Gasteiger partial charge >= 0.3 is 0 Å². The molecule has 4 aromatic rings. The number of nitrogens with zero attached hydrogens (tertiary/aromatic N) is 4. The van der Waals surface area contributed by atoms with E-state index in [1.54, 1.807) is 6.20 Å². The van der Waals surface area contributed by atoms with E-state index in [0.29, 0.717) is 17.4 Å². The normalized spacial score (nSPS) is 15.6. The Hall–Kier alpha value is -3.48. The molecule has 7 nitrogen and oxygen atoms in total. The van der Waals surface area contributed by atoms with Gasteiger partial charge in [-0.3, -0.25) is 9.20 Å². The molecule has 1 amide bonds. The first-order valence-electron chi connectivity index (χ1n) is 9.82. The highest BCUT2D eigenvalue weighted by molar-refractivity contribution is 5.93. The molecule has 0 bridgehead atoms. The van der Waals surface area contributed by atoms with Crippen LogP contribution in [0.15, 0.2) is 47.2 Å². The standard InChI is InChI=1S/C22H21N5O2/c1-3-20-25-21(26-29-20)15-5-7-16-14(10-15)6-8-17(16)24-22(28)18-11-23-19-9-4-13(2)12-27(18)19/h4-5,7,9-12,17H,3,6,8H2,1-2H3,(H,24,28)/t17-/m1/s1. The van der Waals surface area contributed by atoms with Crippen molar-refractivity contribution in [2.24, 2.45) is 0 Å². The second-order valence-corrected chi connectivity index (χ2v) is 7.42. The fourth-order valence-electron chi connectivity index (χ4n) is 3.91. The van der Waals surface area contributed by atoms with E-state index in [-0.39, 0.29) is 11.9 Å². The topological polar surface area (TPSA) is 85.3 Å². The van der Waals surface area contributed by atoms with Gasteiger partial charge in [-0.25, -0.2) is 4.98 Å². The third-order valence-electron chi connectivity index (χ3n) is 5.44. The summed E-state index contributed by atoms with van der Waals surface area (Å²) in [5.74, 6) is 1.13. The zero-order chi connectivity index (χ0) is 20.0. The van der Waals surface area contributed by atoms with E-state index in [1.807, 2.05) is 42.6 Å². The van der Waals surface area contributed by atoms with Gasteiger partial charge in [0.15, 0.2) is 0 Å². The van der Waals surface area contributed by atoms with Crippen molar-refractivity contribution in [2.75, 3.05) is 0 Å². The van der Waals surface area contributed by atoms with E-state index in [2.05, 4.69) is 32.6 Å². The maximum atomic E-state index is 12.9. The molecular weight excluding hydrogens is 366 g/mol. The second-order valence-electron chi connectivity index (χ2n) is 7.42. The zero-order valence-electron chi connectivity index (χ0n) is 16.3. The van der Waals surface area contributed by atoms with Gasteiger partial charge < -0.3 is 9.84 Å². The fraction of sp³-hybridized carbons (Fsp3) is 0.273. The van der Waals surface area contributed by atoms with Crippen LogP contribution in [-0.4, -0.2) is 25.4 Å². The molecule has 0 aliphatic heterocycles. The van der Waals surface area contributed by atoms with Crippen molar-refractivity contribution in [3.05, 3.63) is 71.0 Å². The fourth-order valence-corrected chi connectivity index (χ4v) is 3.91. The van der Waals surface area contributed by atoms with E-state index in [0.717, 1.165) is 41.6 Å². The zero-order valence-corrected chi connectivity index (χ0v) is 16.3. The number of amides is 1. The predicted molar refractivity (Wildman–Crippen MR) is 108 cm³/mol. The van der Waals surface area contributed by atoms with Gasteiger partial charge in [0.1, 0.15) is 11.3 Å². The van der Waals surface area contributed by atoms with Gasteiger partial charge in [0.2, 0.25) is 11.7 Å². The van der Waals surface area contributed by atoms with Crippen molar-refractivity contribution in [1.29, 1.82) is 0 Å². The van der Waals surface area contributed by atoms with Crippen LogP contribution in [0, 0.1) is 6.92 Å². The molecule has 1 aliphatic carbocycles. The Morgan fingerprint density at radius 3 is 3.03 bits per heavy atom. The molecule has 146 valence electrons. The Kier molecular flexibility index (Phi) is 4.16. The van der Waals surface area contributed by atoms with Gasteiger partial charge in [-0.2, -0.15) is 4.98 Å². The molecule has 0 saturated heterocycles. The Labute approximate surface area is 167 Å². The molecular formula is C22H21N5O2. The first-order chi connectivity index (χ1) is 14.1. The van der Waals surface area contributed by atoms with Gasteiger partial charge in [0.25, 0.3) is 5.91 Å². The monoisotopic (exact) mass is 387 g/mol. The van der Waals surface area contributed by atoms with E-state index in [9.17, 15) is 4.79 Å². The van der Waals surface area contributed by atoms with Crippen LogP contribution in [0.2, 0.25) is 0 Å². The van der Waals surface area contributed by atoms with E-state index < -0.39 is 0 Å². The smallest absolute Gasteiger partial charge is 0.270 e. The molecule has 0 radical (unpaired) electrons. The third kappa shape index (κ3) is 3.08. The van der Waals surface area contributed by atoms with Crippen molar-refractivity contribution in [2.45, 2.75) is 39.2 Å². The van der Waals surface area contributed by atoms with Crippen molar-refractivity contribution in [3.8, 4) is 11.4 Å². The number of hydrogen-bond acceptors (Lipinski definition) is 5. The molecule has 0 spiro atoms. The van der Waals surface area contributed by atoms with E-state index in [1.165, 1.54) is 5.56 Å². The maximum Gasteiger partial charge on any atom is 0.270 e.